The largest absolute Gasteiger partial charge is 0.385 e. The molecule has 5 rings (SSSR count). The Kier molecular flexibility index (Phi) is 6.35. The van der Waals surface area contributed by atoms with E-state index in [4.69, 9.17) is 40.5 Å². The van der Waals surface area contributed by atoms with Crippen LogP contribution in [-0.2, 0) is 4.79 Å². The Balaban J connectivity index is 1.37. The van der Waals surface area contributed by atoms with Gasteiger partial charge in [0.1, 0.15) is 5.84 Å². The third-order valence-corrected chi connectivity index (χ3v) is 8.12. The van der Waals surface area contributed by atoms with Crippen LogP contribution in [0.3, 0.4) is 0 Å². The van der Waals surface area contributed by atoms with E-state index < -0.39 is 0 Å². The van der Waals surface area contributed by atoms with Gasteiger partial charge in [0.2, 0.25) is 5.91 Å². The van der Waals surface area contributed by atoms with Gasteiger partial charge < -0.3 is 11.1 Å². The zero-order chi connectivity index (χ0) is 26.6. The van der Waals surface area contributed by atoms with Crippen molar-refractivity contribution in [3.05, 3.63) is 93.0 Å². The highest BCUT2D eigenvalue weighted by atomic mass is 35.5. The second-order valence-corrected chi connectivity index (χ2v) is 11.4. The van der Waals surface area contributed by atoms with Crippen molar-refractivity contribution in [2.45, 2.75) is 25.8 Å². The van der Waals surface area contributed by atoms with E-state index in [2.05, 4.69) is 36.9 Å². The molecule has 1 fully saturated rings. The van der Waals surface area contributed by atoms with E-state index in [0.29, 0.717) is 43.4 Å². The van der Waals surface area contributed by atoms with E-state index >= 15 is 0 Å². The summed E-state index contributed by atoms with van der Waals surface area (Å²) in [4.78, 5) is 13.3. The van der Waals surface area contributed by atoms with Crippen LogP contribution in [0.2, 0.25) is 15.1 Å². The van der Waals surface area contributed by atoms with Gasteiger partial charge in [-0.15, -0.1) is 0 Å². The zero-order valence-electron chi connectivity index (χ0n) is 20.2. The van der Waals surface area contributed by atoms with Crippen LogP contribution in [0.15, 0.2) is 71.9 Å². The molecular formula is C28H24Cl3N5O. The van der Waals surface area contributed by atoms with E-state index in [1.807, 2.05) is 24.3 Å². The molecule has 2 aromatic carbocycles. The summed E-state index contributed by atoms with van der Waals surface area (Å²) in [6, 6.07) is 12.5. The maximum atomic E-state index is 13.3. The van der Waals surface area contributed by atoms with Crippen LogP contribution in [0.4, 0.5) is 5.69 Å². The van der Waals surface area contributed by atoms with Crippen LogP contribution in [0, 0.1) is 28.6 Å². The standard InChI is InChI=1S/C28H24Cl3N5O/c1-14(36-23-8-15(13-32)4-6-20(23)26(33)35-36)21-12-19(5-7-22(21)31)34-27(37)25-24(28(25,2)3)16-9-17(29)11-18(30)10-16/h4-12,20,23-25H,1H2,2-3H3,(H2,33,35)(H,34,37). The fourth-order valence-corrected chi connectivity index (χ4v) is 6.17. The molecule has 0 radical (unpaired) electrons. The number of benzene rings is 2. The molecule has 1 aliphatic heterocycles. The van der Waals surface area contributed by atoms with Crippen LogP contribution in [0.1, 0.15) is 30.9 Å². The number of nitrogens with zero attached hydrogens (tertiary/aromatic N) is 3. The number of nitriles is 1. The molecule has 6 nitrogen and oxygen atoms in total. The molecule has 0 spiro atoms. The predicted octanol–water partition coefficient (Wildman–Crippen LogP) is 6.59. The molecule has 4 unspecified atom stereocenters. The van der Waals surface area contributed by atoms with E-state index in [9.17, 15) is 10.1 Å². The second kappa shape index (κ2) is 9.25. The predicted molar refractivity (Wildman–Crippen MR) is 149 cm³/mol. The van der Waals surface area contributed by atoms with Gasteiger partial charge in [0.15, 0.2) is 0 Å². The number of hydrogen-bond donors (Lipinski definition) is 2. The van der Waals surface area contributed by atoms with Crippen LogP contribution >= 0.6 is 34.8 Å². The summed E-state index contributed by atoms with van der Waals surface area (Å²) in [5.41, 5.74) is 9.07. The molecule has 37 heavy (non-hydrogen) atoms. The van der Waals surface area contributed by atoms with Gasteiger partial charge in [-0.3, -0.25) is 9.80 Å². The summed E-state index contributed by atoms with van der Waals surface area (Å²) in [6.07, 6.45) is 5.42. The van der Waals surface area contributed by atoms with Crippen molar-refractivity contribution >= 4 is 57.9 Å². The van der Waals surface area contributed by atoms with Gasteiger partial charge in [0.25, 0.3) is 0 Å². The number of nitrogens with two attached hydrogens (primary N) is 1. The first kappa shape index (κ1) is 25.4. The number of rotatable bonds is 5. The molecule has 1 amide bonds. The first-order valence-corrected chi connectivity index (χ1v) is 12.8. The first-order valence-electron chi connectivity index (χ1n) is 11.7. The van der Waals surface area contributed by atoms with Gasteiger partial charge in [0.05, 0.1) is 34.7 Å². The van der Waals surface area contributed by atoms with Gasteiger partial charge in [-0.1, -0.05) is 61.3 Å². The highest BCUT2D eigenvalue weighted by Crippen LogP contribution is 2.65. The van der Waals surface area contributed by atoms with Crippen molar-refractivity contribution in [2.75, 3.05) is 5.32 Å². The van der Waals surface area contributed by atoms with E-state index in [1.54, 1.807) is 35.4 Å². The zero-order valence-corrected chi connectivity index (χ0v) is 22.4. The van der Waals surface area contributed by atoms with Gasteiger partial charge in [-0.05, 0) is 59.5 Å². The maximum Gasteiger partial charge on any atom is 0.228 e. The molecule has 1 saturated carbocycles. The molecule has 2 aliphatic carbocycles. The quantitative estimate of drug-likeness (QED) is 0.437. The molecule has 9 heteroatoms. The number of carbonyl (C=O) groups excluding carboxylic acids is 1. The number of hydrogen-bond acceptors (Lipinski definition) is 5. The number of amidine groups is 1. The summed E-state index contributed by atoms with van der Waals surface area (Å²) in [5.74, 6) is -0.0993. The van der Waals surface area contributed by atoms with Crippen molar-refractivity contribution in [1.82, 2.24) is 5.01 Å². The van der Waals surface area contributed by atoms with E-state index in [-0.39, 0.29) is 35.1 Å². The highest BCUT2D eigenvalue weighted by molar-refractivity contribution is 6.34. The van der Waals surface area contributed by atoms with Gasteiger partial charge in [-0.25, -0.2) is 0 Å². The number of carbonyl (C=O) groups is 1. The molecule has 2 aromatic rings. The number of anilines is 1. The Labute approximate surface area is 230 Å². The number of fused-ring (bicyclic) bond motifs is 1. The molecule has 188 valence electrons. The number of hydrazone groups is 1. The second-order valence-electron chi connectivity index (χ2n) is 10.1. The van der Waals surface area contributed by atoms with E-state index in [0.717, 1.165) is 5.56 Å². The maximum absolute atomic E-state index is 13.3. The molecule has 4 atom stereocenters. The monoisotopic (exact) mass is 551 g/mol. The molecule has 3 aliphatic rings. The van der Waals surface area contributed by atoms with Crippen LogP contribution in [-0.4, -0.2) is 22.8 Å². The van der Waals surface area contributed by atoms with Crippen molar-refractivity contribution in [1.29, 1.82) is 5.26 Å². The molecule has 3 N–H and O–H groups in total. The average molecular weight is 553 g/mol. The highest BCUT2D eigenvalue weighted by Gasteiger charge is 2.62. The fraction of sp³-hybridized carbons (Fsp3) is 0.250. The first-order chi connectivity index (χ1) is 17.5. The lowest BCUT2D eigenvalue weighted by atomic mass is 9.91. The summed E-state index contributed by atoms with van der Waals surface area (Å²) in [6.45, 7) is 8.32. The topological polar surface area (TPSA) is 94.5 Å². The lowest BCUT2D eigenvalue weighted by Crippen LogP contribution is -2.33. The summed E-state index contributed by atoms with van der Waals surface area (Å²) in [5, 5.41) is 20.1. The van der Waals surface area contributed by atoms with Crippen molar-refractivity contribution in [3.8, 4) is 6.07 Å². The minimum Gasteiger partial charge on any atom is -0.385 e. The van der Waals surface area contributed by atoms with Crippen LogP contribution in [0.5, 0.6) is 0 Å². The van der Waals surface area contributed by atoms with Crippen molar-refractivity contribution in [2.24, 2.45) is 28.1 Å². The number of halogens is 3. The SMILES string of the molecule is C=C(c1cc(NC(=O)C2C(c3cc(Cl)cc(Cl)c3)C2(C)C)ccc1Cl)N1N=C(N)C2C=CC(C#N)=CC21. The Morgan fingerprint density at radius 2 is 1.89 bits per heavy atom. The molecular weight excluding hydrogens is 529 g/mol. The van der Waals surface area contributed by atoms with Gasteiger partial charge in [0, 0.05) is 32.8 Å². The van der Waals surface area contributed by atoms with E-state index in [1.165, 1.54) is 0 Å². The molecule has 1 heterocycles. The lowest BCUT2D eigenvalue weighted by Gasteiger charge is -2.28. The minimum atomic E-state index is -0.279. The number of nitrogens with one attached hydrogen (secondary N) is 1. The summed E-state index contributed by atoms with van der Waals surface area (Å²) in [7, 11) is 0. The Hall–Kier alpha value is -3.24. The van der Waals surface area contributed by atoms with Crippen molar-refractivity contribution < 1.29 is 4.79 Å². The van der Waals surface area contributed by atoms with Gasteiger partial charge in [-0.2, -0.15) is 10.4 Å². The third-order valence-electron chi connectivity index (χ3n) is 7.35. The normalized spacial score (nSPS) is 25.0. The summed E-state index contributed by atoms with van der Waals surface area (Å²) >= 11 is 19.0. The van der Waals surface area contributed by atoms with Crippen LogP contribution < -0.4 is 11.1 Å². The third kappa shape index (κ3) is 4.53. The van der Waals surface area contributed by atoms with Crippen molar-refractivity contribution in [3.63, 3.8) is 0 Å². The number of allylic oxidation sites excluding steroid dienone is 2. The number of amides is 1. The lowest BCUT2D eigenvalue weighted by molar-refractivity contribution is -0.118. The Bertz CT molecular complexity index is 1450. The summed E-state index contributed by atoms with van der Waals surface area (Å²) < 4.78 is 0. The Morgan fingerprint density at radius 3 is 2.57 bits per heavy atom. The minimum absolute atomic E-state index is 0.00949. The van der Waals surface area contributed by atoms with Crippen LogP contribution in [0.25, 0.3) is 5.70 Å². The smallest absolute Gasteiger partial charge is 0.228 e. The average Bonchev–Trinajstić information content (AvgIpc) is 3.28. The molecule has 0 aromatic heterocycles. The molecule has 0 saturated heterocycles. The fourth-order valence-electron chi connectivity index (χ4n) is 5.40. The Morgan fingerprint density at radius 1 is 1.19 bits per heavy atom. The van der Waals surface area contributed by atoms with Gasteiger partial charge >= 0.3 is 0 Å². The molecule has 0 bridgehead atoms.